The molecule has 0 bridgehead atoms. The number of ether oxygens (including phenoxy) is 3. The molecule has 1 aliphatic rings. The Morgan fingerprint density at radius 1 is 1.27 bits per heavy atom. The maximum Gasteiger partial charge on any atom is 0.305 e. The van der Waals surface area contributed by atoms with Gasteiger partial charge in [0.2, 0.25) is 11.7 Å². The number of hydrogen-bond acceptors (Lipinski definition) is 8. The second-order valence-electron chi connectivity index (χ2n) is 5.19. The van der Waals surface area contributed by atoms with Crippen LogP contribution in [-0.2, 0) is 9.59 Å². The summed E-state index contributed by atoms with van der Waals surface area (Å²) >= 11 is 1.07. The summed E-state index contributed by atoms with van der Waals surface area (Å²) in [6.07, 6.45) is 1.21. The molecule has 0 radical (unpaired) electrons. The Bertz CT molecular complexity index is 739. The van der Waals surface area contributed by atoms with Crippen molar-refractivity contribution in [3.63, 3.8) is 0 Å². The van der Waals surface area contributed by atoms with Crippen molar-refractivity contribution in [2.24, 2.45) is 10.2 Å². The van der Waals surface area contributed by atoms with Gasteiger partial charge in [-0.2, -0.15) is 5.10 Å². The van der Waals surface area contributed by atoms with Crippen LogP contribution in [0, 0.1) is 0 Å². The lowest BCUT2D eigenvalue weighted by atomic mass is 10.2. The summed E-state index contributed by atoms with van der Waals surface area (Å²) in [5.74, 6) is 0.0761. The van der Waals surface area contributed by atoms with Crippen LogP contribution < -0.4 is 14.2 Å². The molecule has 0 saturated carbocycles. The van der Waals surface area contributed by atoms with Gasteiger partial charge < -0.3 is 19.3 Å². The van der Waals surface area contributed by atoms with Crippen molar-refractivity contribution in [3.05, 3.63) is 17.7 Å². The third kappa shape index (κ3) is 4.26. The maximum absolute atomic E-state index is 12.0. The molecule has 0 aromatic heterocycles. The number of rotatable bonds is 7. The lowest BCUT2D eigenvalue weighted by Crippen LogP contribution is -2.28. The molecule has 1 amide bonds. The average Bonchev–Trinajstić information content (AvgIpc) is 2.88. The monoisotopic (exact) mass is 381 g/mol. The van der Waals surface area contributed by atoms with Gasteiger partial charge in [-0.05, 0) is 12.1 Å². The van der Waals surface area contributed by atoms with Crippen molar-refractivity contribution in [3.8, 4) is 17.2 Å². The predicted octanol–water partition coefficient (Wildman–Crippen LogP) is 1.45. The number of benzene rings is 1. The molecule has 1 fully saturated rings. The molecule has 26 heavy (non-hydrogen) atoms. The highest BCUT2D eigenvalue weighted by Gasteiger charge is 2.37. The molecule has 1 heterocycles. The molecule has 1 aromatic carbocycles. The topological polar surface area (TPSA) is 110 Å². The summed E-state index contributed by atoms with van der Waals surface area (Å²) < 4.78 is 15.8. The quantitative estimate of drug-likeness (QED) is 0.562. The van der Waals surface area contributed by atoms with Crippen LogP contribution in [0.5, 0.6) is 17.2 Å². The third-order valence-corrected chi connectivity index (χ3v) is 4.76. The van der Waals surface area contributed by atoms with Gasteiger partial charge in [0.15, 0.2) is 16.7 Å². The number of amides is 1. The Kier molecular flexibility index (Phi) is 6.45. The second-order valence-corrected chi connectivity index (χ2v) is 6.36. The molecule has 1 unspecified atom stereocenters. The molecule has 9 nitrogen and oxygen atoms in total. The van der Waals surface area contributed by atoms with E-state index in [9.17, 15) is 9.59 Å². The fourth-order valence-corrected chi connectivity index (χ4v) is 3.35. The molecule has 140 valence electrons. The van der Waals surface area contributed by atoms with Gasteiger partial charge in [0.25, 0.3) is 0 Å². The molecular weight excluding hydrogens is 362 g/mol. The first kappa shape index (κ1) is 19.6. The number of carbonyl (C=O) groups excluding carboxylic acids is 1. The van der Waals surface area contributed by atoms with Crippen molar-refractivity contribution in [1.29, 1.82) is 0 Å². The summed E-state index contributed by atoms with van der Waals surface area (Å²) in [5, 5.41) is 16.5. The molecule has 1 saturated heterocycles. The number of carboxylic acids is 1. The van der Waals surface area contributed by atoms with E-state index in [1.807, 2.05) is 0 Å². The van der Waals surface area contributed by atoms with Gasteiger partial charge in [0.1, 0.15) is 5.25 Å². The fourth-order valence-electron chi connectivity index (χ4n) is 2.27. The maximum atomic E-state index is 12.0. The van der Waals surface area contributed by atoms with Gasteiger partial charge >= 0.3 is 5.97 Å². The van der Waals surface area contributed by atoms with Gasteiger partial charge in [0, 0.05) is 12.6 Å². The van der Waals surface area contributed by atoms with E-state index in [4.69, 9.17) is 19.3 Å². The molecule has 1 atom stereocenters. The first-order valence-electron chi connectivity index (χ1n) is 7.48. The number of amidine groups is 1. The zero-order chi connectivity index (χ0) is 19.3. The van der Waals surface area contributed by atoms with Crippen LogP contribution in [-0.4, -0.2) is 66.9 Å². The zero-order valence-corrected chi connectivity index (χ0v) is 15.6. The number of nitrogens with zero attached hydrogens (tertiary/aromatic N) is 3. The van der Waals surface area contributed by atoms with E-state index in [-0.39, 0.29) is 12.3 Å². The number of aliphatic carboxylic acids is 1. The summed E-state index contributed by atoms with van der Waals surface area (Å²) in [6.45, 7) is 0. The molecule has 2 rings (SSSR count). The van der Waals surface area contributed by atoms with E-state index in [1.54, 1.807) is 12.1 Å². The molecule has 0 aliphatic carbocycles. The Balaban J connectivity index is 2.21. The van der Waals surface area contributed by atoms with Gasteiger partial charge in [-0.15, -0.1) is 5.10 Å². The fraction of sp³-hybridized carbons (Fsp3) is 0.375. The van der Waals surface area contributed by atoms with Gasteiger partial charge in [-0.3, -0.25) is 14.5 Å². The SMILES string of the molecule is COc1cc(C=NN=C2SC(CC(=O)O)C(=O)N2C)cc(OC)c1OC. The minimum absolute atomic E-state index is 0.260. The van der Waals surface area contributed by atoms with Crippen molar-refractivity contribution in [2.45, 2.75) is 11.7 Å². The second kappa shape index (κ2) is 8.56. The van der Waals surface area contributed by atoms with Crippen LogP contribution in [0.3, 0.4) is 0 Å². The number of carbonyl (C=O) groups is 2. The van der Waals surface area contributed by atoms with E-state index in [0.29, 0.717) is 28.0 Å². The minimum Gasteiger partial charge on any atom is -0.493 e. The first-order chi connectivity index (χ1) is 12.4. The number of carboxylic acid groups (broad SMARTS) is 1. The first-order valence-corrected chi connectivity index (χ1v) is 8.36. The molecule has 10 heteroatoms. The van der Waals surface area contributed by atoms with Crippen molar-refractivity contribution in [2.75, 3.05) is 28.4 Å². The Labute approximate surface area is 154 Å². The Morgan fingerprint density at radius 3 is 2.38 bits per heavy atom. The summed E-state index contributed by atoms with van der Waals surface area (Å²) in [4.78, 5) is 24.1. The lowest BCUT2D eigenvalue weighted by molar-refractivity contribution is -0.139. The van der Waals surface area contributed by atoms with Crippen LogP contribution in [0.4, 0.5) is 0 Å². The van der Waals surface area contributed by atoms with Gasteiger partial charge in [0.05, 0.1) is 34.0 Å². The number of hydrogen-bond donors (Lipinski definition) is 1. The third-order valence-electron chi connectivity index (χ3n) is 3.54. The molecule has 1 aromatic rings. The van der Waals surface area contributed by atoms with Crippen LogP contribution in [0.15, 0.2) is 22.3 Å². The van der Waals surface area contributed by atoms with Crippen LogP contribution in [0.25, 0.3) is 0 Å². The van der Waals surface area contributed by atoms with E-state index in [2.05, 4.69) is 10.2 Å². The number of methoxy groups -OCH3 is 3. The number of thioether (sulfide) groups is 1. The van der Waals surface area contributed by atoms with Gasteiger partial charge in [-0.1, -0.05) is 11.8 Å². The summed E-state index contributed by atoms with van der Waals surface area (Å²) in [5.41, 5.74) is 0.655. The van der Waals surface area contributed by atoms with E-state index in [0.717, 1.165) is 11.8 Å². The highest BCUT2D eigenvalue weighted by Crippen LogP contribution is 2.37. The van der Waals surface area contributed by atoms with Crippen LogP contribution in [0.2, 0.25) is 0 Å². The lowest BCUT2D eigenvalue weighted by Gasteiger charge is -2.12. The van der Waals surface area contributed by atoms with Gasteiger partial charge in [-0.25, -0.2) is 0 Å². The molecule has 1 N–H and O–H groups in total. The molecular formula is C16H19N3O6S. The average molecular weight is 381 g/mol. The van der Waals surface area contributed by atoms with Crippen molar-refractivity contribution >= 4 is 35.0 Å². The minimum atomic E-state index is -1.04. The predicted molar refractivity (Wildman–Crippen MR) is 97.5 cm³/mol. The molecule has 0 spiro atoms. The Hall–Kier alpha value is -2.75. The van der Waals surface area contributed by atoms with E-state index < -0.39 is 11.2 Å². The van der Waals surface area contributed by atoms with Crippen molar-refractivity contribution in [1.82, 2.24) is 4.90 Å². The van der Waals surface area contributed by atoms with Crippen LogP contribution in [0.1, 0.15) is 12.0 Å². The van der Waals surface area contributed by atoms with E-state index in [1.165, 1.54) is 39.5 Å². The smallest absolute Gasteiger partial charge is 0.305 e. The molecule has 1 aliphatic heterocycles. The Morgan fingerprint density at radius 2 is 1.88 bits per heavy atom. The summed E-state index contributed by atoms with van der Waals surface area (Å²) in [7, 11) is 6.07. The normalized spacial score (nSPS) is 18.6. The van der Waals surface area contributed by atoms with E-state index >= 15 is 0 Å². The zero-order valence-electron chi connectivity index (χ0n) is 14.8. The van der Waals surface area contributed by atoms with Crippen molar-refractivity contribution < 1.29 is 28.9 Å². The highest BCUT2D eigenvalue weighted by atomic mass is 32.2. The largest absolute Gasteiger partial charge is 0.493 e. The highest BCUT2D eigenvalue weighted by molar-refractivity contribution is 8.15. The summed E-state index contributed by atoms with van der Waals surface area (Å²) in [6, 6.07) is 3.41. The van der Waals surface area contributed by atoms with Crippen LogP contribution >= 0.6 is 11.8 Å². The standard InChI is InChI=1S/C16H19N3O6S/c1-19-15(22)12(7-13(20)21)26-16(19)18-17-8-9-5-10(23-2)14(25-4)11(6-9)24-3/h5-6,8,12H,7H2,1-4H3,(H,20,21).